The molecule has 0 saturated carbocycles. The summed E-state index contributed by atoms with van der Waals surface area (Å²) >= 11 is 0. The molecule has 0 spiro atoms. The Bertz CT molecular complexity index is 1010. The lowest BCUT2D eigenvalue weighted by Gasteiger charge is -2.25. The molecule has 1 amide bonds. The van der Waals surface area contributed by atoms with E-state index in [-0.39, 0.29) is 24.1 Å². The molecular formula is C19H21N5O3. The number of H-pyrrole nitrogens is 1. The predicted molar refractivity (Wildman–Crippen MR) is 99.4 cm³/mol. The molecule has 0 radical (unpaired) electrons. The van der Waals surface area contributed by atoms with Gasteiger partial charge in [0, 0.05) is 6.54 Å². The highest BCUT2D eigenvalue weighted by Gasteiger charge is 2.30. The van der Waals surface area contributed by atoms with Crippen LogP contribution in [0.15, 0.2) is 41.6 Å². The number of amides is 1. The third-order valence-electron chi connectivity index (χ3n) is 4.87. The predicted octanol–water partition coefficient (Wildman–Crippen LogP) is 1.88. The summed E-state index contributed by atoms with van der Waals surface area (Å²) in [5, 5.41) is 4.09. The molecule has 1 aliphatic heterocycles. The van der Waals surface area contributed by atoms with Gasteiger partial charge in [0.1, 0.15) is 12.3 Å². The second kappa shape index (κ2) is 7.22. The molecule has 1 unspecified atom stereocenters. The van der Waals surface area contributed by atoms with Gasteiger partial charge in [-0.3, -0.25) is 9.59 Å². The highest BCUT2D eigenvalue weighted by atomic mass is 16.5. The van der Waals surface area contributed by atoms with Crippen LogP contribution in [0, 0.1) is 0 Å². The van der Waals surface area contributed by atoms with Gasteiger partial charge in [-0.2, -0.15) is 5.10 Å². The summed E-state index contributed by atoms with van der Waals surface area (Å²) in [4.78, 5) is 34.0. The minimum atomic E-state index is -0.362. The topological polar surface area (TPSA) is 93.1 Å². The molecule has 1 fully saturated rings. The average molecular weight is 367 g/mol. The van der Waals surface area contributed by atoms with Crippen molar-refractivity contribution in [2.45, 2.75) is 32.4 Å². The van der Waals surface area contributed by atoms with E-state index in [4.69, 9.17) is 4.74 Å². The highest BCUT2D eigenvalue weighted by molar-refractivity contribution is 5.77. The van der Waals surface area contributed by atoms with Crippen LogP contribution in [0.3, 0.4) is 0 Å². The number of nitrogens with zero attached hydrogens (tertiary/aromatic N) is 4. The van der Waals surface area contributed by atoms with Gasteiger partial charge in [0.2, 0.25) is 5.91 Å². The summed E-state index contributed by atoms with van der Waals surface area (Å²) < 4.78 is 6.66. The normalized spacial score (nSPS) is 16.8. The fraction of sp³-hybridized carbons (Fsp3) is 0.368. The van der Waals surface area contributed by atoms with Crippen LogP contribution in [0.5, 0.6) is 5.75 Å². The van der Waals surface area contributed by atoms with Gasteiger partial charge in [-0.15, -0.1) is 0 Å². The largest absolute Gasteiger partial charge is 0.494 e. The second-order valence-corrected chi connectivity index (χ2v) is 6.52. The van der Waals surface area contributed by atoms with E-state index < -0.39 is 0 Å². The van der Waals surface area contributed by atoms with Crippen LogP contribution < -0.4 is 10.3 Å². The first-order valence-corrected chi connectivity index (χ1v) is 9.09. The zero-order valence-corrected chi connectivity index (χ0v) is 15.1. The third-order valence-corrected chi connectivity index (χ3v) is 4.87. The first-order chi connectivity index (χ1) is 13.2. The monoisotopic (exact) mass is 367 g/mol. The van der Waals surface area contributed by atoms with E-state index in [9.17, 15) is 9.59 Å². The number of ether oxygens (including phenoxy) is 1. The van der Waals surface area contributed by atoms with Gasteiger partial charge in [0.05, 0.1) is 30.7 Å². The average Bonchev–Trinajstić information content (AvgIpc) is 3.34. The second-order valence-electron chi connectivity index (χ2n) is 6.52. The van der Waals surface area contributed by atoms with E-state index in [2.05, 4.69) is 15.1 Å². The van der Waals surface area contributed by atoms with Crippen molar-refractivity contribution in [2.24, 2.45) is 0 Å². The number of fused-ring (bicyclic) bond motifs is 1. The molecule has 4 rings (SSSR count). The van der Waals surface area contributed by atoms with E-state index in [1.54, 1.807) is 0 Å². The lowest BCUT2D eigenvalue weighted by atomic mass is 10.0. The van der Waals surface area contributed by atoms with Crippen LogP contribution in [0.4, 0.5) is 0 Å². The van der Waals surface area contributed by atoms with Crippen LogP contribution in [0.25, 0.3) is 11.0 Å². The maximum absolute atomic E-state index is 12.9. The summed E-state index contributed by atoms with van der Waals surface area (Å²) in [7, 11) is 0. The SMILES string of the molecule is CCOc1ccc(C2CCCN2C(=O)Cn2ncc3[nH]cnc3c2=O)cc1. The van der Waals surface area contributed by atoms with Crippen molar-refractivity contribution in [1.82, 2.24) is 24.6 Å². The molecule has 27 heavy (non-hydrogen) atoms. The molecule has 1 N–H and O–H groups in total. The van der Waals surface area contributed by atoms with Gasteiger partial charge in [-0.1, -0.05) is 12.1 Å². The van der Waals surface area contributed by atoms with Crippen LogP contribution in [0.2, 0.25) is 0 Å². The molecule has 8 nitrogen and oxygen atoms in total. The van der Waals surface area contributed by atoms with Gasteiger partial charge < -0.3 is 14.6 Å². The minimum absolute atomic E-state index is 0.0120. The Balaban J connectivity index is 1.53. The fourth-order valence-corrected chi connectivity index (χ4v) is 3.57. The van der Waals surface area contributed by atoms with E-state index in [0.717, 1.165) is 24.2 Å². The number of carbonyl (C=O) groups is 1. The highest BCUT2D eigenvalue weighted by Crippen LogP contribution is 2.32. The van der Waals surface area contributed by atoms with E-state index in [1.807, 2.05) is 36.1 Å². The van der Waals surface area contributed by atoms with Crippen molar-refractivity contribution >= 4 is 16.9 Å². The number of aromatic amines is 1. The Morgan fingerprint density at radius 3 is 2.93 bits per heavy atom. The Labute approximate surface area is 155 Å². The molecule has 1 atom stereocenters. The third kappa shape index (κ3) is 3.30. The minimum Gasteiger partial charge on any atom is -0.494 e. The summed E-state index contributed by atoms with van der Waals surface area (Å²) in [6, 6.07) is 7.87. The number of imidazole rings is 1. The number of nitrogens with one attached hydrogen (secondary N) is 1. The van der Waals surface area contributed by atoms with Crippen molar-refractivity contribution < 1.29 is 9.53 Å². The molecule has 1 aromatic carbocycles. The van der Waals surface area contributed by atoms with Gasteiger partial charge in [-0.05, 0) is 37.5 Å². The smallest absolute Gasteiger partial charge is 0.295 e. The number of rotatable bonds is 5. The van der Waals surface area contributed by atoms with Gasteiger partial charge in [0.25, 0.3) is 5.56 Å². The summed E-state index contributed by atoms with van der Waals surface area (Å²) in [6.07, 6.45) is 4.80. The zero-order chi connectivity index (χ0) is 18.8. The number of aromatic nitrogens is 4. The van der Waals surface area contributed by atoms with Crippen molar-refractivity contribution in [3.05, 3.63) is 52.7 Å². The van der Waals surface area contributed by atoms with Crippen molar-refractivity contribution in [3.63, 3.8) is 0 Å². The Morgan fingerprint density at radius 1 is 1.33 bits per heavy atom. The summed E-state index contributed by atoms with van der Waals surface area (Å²) in [6.45, 7) is 3.16. The molecular weight excluding hydrogens is 346 g/mol. The van der Waals surface area contributed by atoms with Crippen molar-refractivity contribution in [2.75, 3.05) is 13.2 Å². The van der Waals surface area contributed by atoms with Crippen LogP contribution in [-0.4, -0.2) is 43.7 Å². The van der Waals surface area contributed by atoms with E-state index in [0.29, 0.717) is 24.2 Å². The standard InChI is InChI=1S/C19H21N5O3/c1-2-27-14-7-5-13(6-8-14)16-4-3-9-23(16)17(25)11-24-19(26)18-15(10-22-24)20-12-21-18/h5-8,10,12,16H,2-4,9,11H2,1H3,(H,20,21). The maximum atomic E-state index is 12.9. The number of hydrogen-bond donors (Lipinski definition) is 1. The molecule has 0 bridgehead atoms. The lowest BCUT2D eigenvalue weighted by Crippen LogP contribution is -2.37. The number of hydrogen-bond acceptors (Lipinski definition) is 5. The first kappa shape index (κ1) is 17.3. The molecule has 0 aliphatic carbocycles. The Kier molecular flexibility index (Phi) is 4.62. The fourth-order valence-electron chi connectivity index (χ4n) is 3.57. The lowest BCUT2D eigenvalue weighted by molar-refractivity contribution is -0.133. The van der Waals surface area contributed by atoms with Crippen LogP contribution in [0.1, 0.15) is 31.4 Å². The van der Waals surface area contributed by atoms with Gasteiger partial charge >= 0.3 is 0 Å². The molecule has 2 aromatic heterocycles. The van der Waals surface area contributed by atoms with Crippen molar-refractivity contribution in [3.8, 4) is 5.75 Å². The van der Waals surface area contributed by atoms with Gasteiger partial charge in [-0.25, -0.2) is 9.67 Å². The molecule has 1 saturated heterocycles. The Hall–Kier alpha value is -3.16. The van der Waals surface area contributed by atoms with Crippen LogP contribution >= 0.6 is 0 Å². The van der Waals surface area contributed by atoms with E-state index >= 15 is 0 Å². The van der Waals surface area contributed by atoms with Crippen LogP contribution in [-0.2, 0) is 11.3 Å². The number of likely N-dealkylation sites (tertiary alicyclic amines) is 1. The quantitative estimate of drug-likeness (QED) is 0.743. The molecule has 3 heterocycles. The van der Waals surface area contributed by atoms with Crippen molar-refractivity contribution in [1.29, 1.82) is 0 Å². The zero-order valence-electron chi connectivity index (χ0n) is 15.1. The number of benzene rings is 1. The molecule has 1 aliphatic rings. The molecule has 8 heteroatoms. The summed E-state index contributed by atoms with van der Waals surface area (Å²) in [5.41, 5.74) is 1.57. The first-order valence-electron chi connectivity index (χ1n) is 9.09. The molecule has 140 valence electrons. The maximum Gasteiger partial charge on any atom is 0.295 e. The number of carbonyl (C=O) groups excluding carboxylic acids is 1. The van der Waals surface area contributed by atoms with E-state index in [1.165, 1.54) is 17.2 Å². The van der Waals surface area contributed by atoms with Gasteiger partial charge in [0.15, 0.2) is 5.52 Å². The molecule has 3 aromatic rings. The summed E-state index contributed by atoms with van der Waals surface area (Å²) in [5.74, 6) is 0.705. The Morgan fingerprint density at radius 2 is 2.15 bits per heavy atom.